The molecule has 8 heteroatoms. The van der Waals surface area contributed by atoms with E-state index in [9.17, 15) is 9.18 Å². The number of methoxy groups -OCH3 is 1. The van der Waals surface area contributed by atoms with Crippen molar-refractivity contribution in [2.24, 2.45) is 0 Å². The second kappa shape index (κ2) is 11.1. The molecule has 1 saturated heterocycles. The van der Waals surface area contributed by atoms with Gasteiger partial charge in [0.15, 0.2) is 11.4 Å². The highest BCUT2D eigenvalue weighted by Gasteiger charge is 2.58. The van der Waals surface area contributed by atoms with E-state index in [0.717, 1.165) is 11.1 Å². The van der Waals surface area contributed by atoms with Crippen molar-refractivity contribution in [2.45, 2.75) is 69.6 Å². The largest absolute Gasteiger partial charge is 0.383 e. The van der Waals surface area contributed by atoms with Crippen molar-refractivity contribution in [3.8, 4) is 0 Å². The van der Waals surface area contributed by atoms with E-state index in [4.69, 9.17) is 23.7 Å². The Labute approximate surface area is 205 Å². The third-order valence-electron chi connectivity index (χ3n) is 6.39. The fourth-order valence-corrected chi connectivity index (χ4v) is 4.72. The molecule has 35 heavy (non-hydrogen) atoms. The third kappa shape index (κ3) is 6.45. The van der Waals surface area contributed by atoms with Gasteiger partial charge in [-0.15, -0.1) is 0 Å². The Morgan fingerprint density at radius 1 is 1.03 bits per heavy atom. The number of benzene rings is 2. The summed E-state index contributed by atoms with van der Waals surface area (Å²) in [5.74, 6) is -1.38. The fourth-order valence-electron chi connectivity index (χ4n) is 4.72. The quantitative estimate of drug-likeness (QED) is 0.515. The van der Waals surface area contributed by atoms with Crippen LogP contribution in [0.3, 0.4) is 0 Å². The van der Waals surface area contributed by atoms with Crippen LogP contribution in [0.4, 0.5) is 4.39 Å². The van der Waals surface area contributed by atoms with E-state index in [1.165, 1.54) is 12.1 Å². The standard InChI is InChI=1S/C27H34FNO6/c1-26(2)34-23-16-27(25(30)29-13-14-31-3,33-18-20-9-11-21(28)12-10-20)15-22(24(23)35-26)32-17-19-7-5-4-6-8-19/h4-12,22-24H,13-18H2,1-3H3,(H,29,30)/t22-,23-,24+,27-/m1/s1. The van der Waals surface area contributed by atoms with Gasteiger partial charge in [-0.2, -0.15) is 0 Å². The molecule has 4 atom stereocenters. The number of carbonyl (C=O) groups excluding carboxylic acids is 1. The van der Waals surface area contributed by atoms with E-state index in [2.05, 4.69) is 5.32 Å². The molecule has 0 unspecified atom stereocenters. The molecule has 2 aliphatic rings. The van der Waals surface area contributed by atoms with Crippen LogP contribution in [0.25, 0.3) is 0 Å². The molecule has 1 aliphatic heterocycles. The van der Waals surface area contributed by atoms with Crippen molar-refractivity contribution >= 4 is 5.91 Å². The summed E-state index contributed by atoms with van der Waals surface area (Å²) >= 11 is 0. The van der Waals surface area contributed by atoms with E-state index in [1.807, 2.05) is 44.2 Å². The average molecular weight is 488 g/mol. The SMILES string of the molecule is COCCNC(=O)[C@@]1(OCc2ccc(F)cc2)C[C@@H](OCc2ccccc2)[C@@H]2OC(C)(C)O[C@@H]2C1. The zero-order valence-electron chi connectivity index (χ0n) is 20.5. The molecule has 0 radical (unpaired) electrons. The van der Waals surface area contributed by atoms with Gasteiger partial charge in [0, 0.05) is 26.5 Å². The highest BCUT2D eigenvalue weighted by atomic mass is 19.1. The van der Waals surface area contributed by atoms with Gasteiger partial charge in [-0.3, -0.25) is 4.79 Å². The summed E-state index contributed by atoms with van der Waals surface area (Å²) in [5, 5.41) is 2.93. The first-order valence-electron chi connectivity index (χ1n) is 12.0. The number of carbonyl (C=O) groups is 1. The van der Waals surface area contributed by atoms with Crippen LogP contribution in [0.2, 0.25) is 0 Å². The highest BCUT2D eigenvalue weighted by Crippen LogP contribution is 2.44. The zero-order valence-corrected chi connectivity index (χ0v) is 20.5. The van der Waals surface area contributed by atoms with Gasteiger partial charge >= 0.3 is 0 Å². The Balaban J connectivity index is 1.58. The monoisotopic (exact) mass is 487 g/mol. The molecule has 2 aromatic rings. The fraction of sp³-hybridized carbons (Fsp3) is 0.519. The molecule has 1 heterocycles. The van der Waals surface area contributed by atoms with Gasteiger partial charge in [0.05, 0.1) is 32.0 Å². The van der Waals surface area contributed by atoms with E-state index >= 15 is 0 Å². The molecule has 0 bridgehead atoms. The van der Waals surface area contributed by atoms with Crippen molar-refractivity contribution < 1.29 is 32.9 Å². The molecular formula is C27H34FNO6. The minimum absolute atomic E-state index is 0.144. The van der Waals surface area contributed by atoms with E-state index in [0.29, 0.717) is 32.6 Å². The minimum atomic E-state index is -1.21. The molecule has 1 N–H and O–H groups in total. The van der Waals surface area contributed by atoms with Crippen molar-refractivity contribution in [3.05, 3.63) is 71.5 Å². The van der Waals surface area contributed by atoms with Crippen LogP contribution in [0.15, 0.2) is 54.6 Å². The summed E-state index contributed by atoms with van der Waals surface area (Å²) in [6, 6.07) is 15.9. The van der Waals surface area contributed by atoms with Gasteiger partial charge in [-0.05, 0) is 37.1 Å². The van der Waals surface area contributed by atoms with Crippen LogP contribution in [-0.4, -0.2) is 55.9 Å². The number of amides is 1. The van der Waals surface area contributed by atoms with Crippen LogP contribution in [0.1, 0.15) is 37.8 Å². The summed E-state index contributed by atoms with van der Waals surface area (Å²) in [7, 11) is 1.58. The van der Waals surface area contributed by atoms with Crippen LogP contribution in [0, 0.1) is 5.82 Å². The van der Waals surface area contributed by atoms with E-state index in [-0.39, 0.29) is 30.5 Å². The lowest BCUT2D eigenvalue weighted by atomic mass is 9.78. The summed E-state index contributed by atoms with van der Waals surface area (Å²) in [6.07, 6.45) is -0.548. The number of fused-ring (bicyclic) bond motifs is 1. The maximum Gasteiger partial charge on any atom is 0.252 e. The lowest BCUT2D eigenvalue weighted by Gasteiger charge is -2.43. The second-order valence-corrected chi connectivity index (χ2v) is 9.54. The predicted octanol–water partition coefficient (Wildman–Crippen LogP) is 3.74. The number of halogens is 1. The van der Waals surface area contributed by atoms with Gasteiger partial charge in [0.25, 0.3) is 5.91 Å². The molecule has 0 spiro atoms. The van der Waals surface area contributed by atoms with E-state index < -0.39 is 17.5 Å². The van der Waals surface area contributed by atoms with Crippen LogP contribution in [0.5, 0.6) is 0 Å². The Hall–Kier alpha value is -2.36. The van der Waals surface area contributed by atoms with Gasteiger partial charge < -0.3 is 29.0 Å². The molecule has 0 aromatic heterocycles. The molecule has 2 aromatic carbocycles. The number of rotatable bonds is 10. The van der Waals surface area contributed by atoms with Crippen molar-refractivity contribution in [1.29, 1.82) is 0 Å². The minimum Gasteiger partial charge on any atom is -0.383 e. The molecule has 1 aliphatic carbocycles. The van der Waals surface area contributed by atoms with Gasteiger partial charge in [-0.1, -0.05) is 42.5 Å². The smallest absolute Gasteiger partial charge is 0.252 e. The molecular weight excluding hydrogens is 453 g/mol. The number of ether oxygens (including phenoxy) is 5. The first-order valence-corrected chi connectivity index (χ1v) is 12.0. The van der Waals surface area contributed by atoms with Gasteiger partial charge in [0.2, 0.25) is 0 Å². The van der Waals surface area contributed by atoms with Crippen LogP contribution >= 0.6 is 0 Å². The van der Waals surface area contributed by atoms with Crippen LogP contribution < -0.4 is 5.32 Å². The summed E-state index contributed by atoms with van der Waals surface area (Å²) in [6.45, 7) is 4.97. The maximum atomic E-state index is 13.5. The van der Waals surface area contributed by atoms with Gasteiger partial charge in [-0.25, -0.2) is 4.39 Å². The van der Waals surface area contributed by atoms with Crippen LogP contribution in [-0.2, 0) is 41.7 Å². The lowest BCUT2D eigenvalue weighted by Crippen LogP contribution is -2.60. The second-order valence-electron chi connectivity index (χ2n) is 9.54. The lowest BCUT2D eigenvalue weighted by molar-refractivity contribution is -0.183. The summed E-state index contributed by atoms with van der Waals surface area (Å²) in [4.78, 5) is 13.5. The molecule has 1 amide bonds. The van der Waals surface area contributed by atoms with Crippen molar-refractivity contribution in [3.63, 3.8) is 0 Å². The Bertz CT molecular complexity index is 969. The number of hydrogen-bond acceptors (Lipinski definition) is 6. The maximum absolute atomic E-state index is 13.5. The molecule has 2 fully saturated rings. The highest BCUT2D eigenvalue weighted by molar-refractivity contribution is 5.85. The first kappa shape index (κ1) is 25.7. The average Bonchev–Trinajstić information content (AvgIpc) is 3.16. The predicted molar refractivity (Wildman–Crippen MR) is 127 cm³/mol. The Kier molecular flexibility index (Phi) is 8.19. The summed E-state index contributed by atoms with van der Waals surface area (Å²) < 4.78 is 43.6. The summed E-state index contributed by atoms with van der Waals surface area (Å²) in [5.41, 5.74) is 0.576. The zero-order chi connectivity index (χ0) is 24.9. The Morgan fingerprint density at radius 2 is 1.74 bits per heavy atom. The topological polar surface area (TPSA) is 75.3 Å². The van der Waals surface area contributed by atoms with Crippen molar-refractivity contribution in [1.82, 2.24) is 5.32 Å². The molecule has 4 rings (SSSR count). The Morgan fingerprint density at radius 3 is 2.46 bits per heavy atom. The third-order valence-corrected chi connectivity index (χ3v) is 6.39. The van der Waals surface area contributed by atoms with Crippen molar-refractivity contribution in [2.75, 3.05) is 20.3 Å². The number of hydrogen-bond donors (Lipinski definition) is 1. The molecule has 1 saturated carbocycles. The van der Waals surface area contributed by atoms with Gasteiger partial charge in [0.1, 0.15) is 11.9 Å². The first-order chi connectivity index (χ1) is 16.8. The molecule has 7 nitrogen and oxygen atoms in total. The normalized spacial score (nSPS) is 27.4. The van der Waals surface area contributed by atoms with E-state index in [1.54, 1.807) is 19.2 Å². The molecule has 190 valence electrons. The number of nitrogens with one attached hydrogen (secondary N) is 1.